The standard InChI is InChI=1S/C24H26N4O5/c1-16-6-3-4-7-17(16)15-27-23(30)21(22(29)25-14-20-8-5-13-33-20)26-28(24(27)31)18-9-11-19(32-2)12-10-18/h3-4,6-7,9-12,20H,5,8,13-15H2,1-2H3,(H,25,29)/t20-/m1/s1. The van der Waals surface area contributed by atoms with Crippen LogP contribution in [-0.2, 0) is 11.3 Å². The molecule has 0 aliphatic carbocycles. The zero-order valence-electron chi connectivity index (χ0n) is 18.6. The lowest BCUT2D eigenvalue weighted by molar-refractivity contribution is 0.0849. The van der Waals surface area contributed by atoms with Crippen molar-refractivity contribution in [1.29, 1.82) is 0 Å². The van der Waals surface area contributed by atoms with Gasteiger partial charge in [0, 0.05) is 13.2 Å². The monoisotopic (exact) mass is 450 g/mol. The van der Waals surface area contributed by atoms with Gasteiger partial charge in [0.15, 0.2) is 0 Å². The number of aryl methyl sites for hydroxylation is 1. The fourth-order valence-electron chi connectivity index (χ4n) is 3.74. The van der Waals surface area contributed by atoms with Crippen molar-refractivity contribution in [2.24, 2.45) is 0 Å². The van der Waals surface area contributed by atoms with E-state index >= 15 is 0 Å². The van der Waals surface area contributed by atoms with Gasteiger partial charge >= 0.3 is 5.69 Å². The van der Waals surface area contributed by atoms with Gasteiger partial charge in [-0.15, -0.1) is 0 Å². The molecule has 0 spiro atoms. The van der Waals surface area contributed by atoms with Gasteiger partial charge in [0.2, 0.25) is 5.69 Å². The van der Waals surface area contributed by atoms with Gasteiger partial charge in [-0.05, 0) is 55.2 Å². The van der Waals surface area contributed by atoms with E-state index in [4.69, 9.17) is 9.47 Å². The Morgan fingerprint density at radius 3 is 2.61 bits per heavy atom. The molecular formula is C24H26N4O5. The van der Waals surface area contributed by atoms with Crippen molar-refractivity contribution in [3.05, 3.63) is 86.2 Å². The maximum absolute atomic E-state index is 13.3. The smallest absolute Gasteiger partial charge is 0.352 e. The van der Waals surface area contributed by atoms with Crippen LogP contribution in [0, 0.1) is 6.92 Å². The molecule has 172 valence electrons. The Morgan fingerprint density at radius 1 is 1.18 bits per heavy atom. The first-order chi connectivity index (χ1) is 16.0. The summed E-state index contributed by atoms with van der Waals surface area (Å²) in [4.78, 5) is 39.4. The number of hydrogen-bond acceptors (Lipinski definition) is 6. The van der Waals surface area contributed by atoms with Crippen molar-refractivity contribution in [2.45, 2.75) is 32.4 Å². The molecule has 33 heavy (non-hydrogen) atoms. The molecule has 0 saturated carbocycles. The Balaban J connectivity index is 1.77. The van der Waals surface area contributed by atoms with Gasteiger partial charge in [-0.1, -0.05) is 24.3 Å². The van der Waals surface area contributed by atoms with Gasteiger partial charge < -0.3 is 14.8 Å². The van der Waals surface area contributed by atoms with E-state index in [-0.39, 0.29) is 24.9 Å². The molecule has 3 aromatic rings. The Morgan fingerprint density at radius 2 is 1.94 bits per heavy atom. The third-order valence-corrected chi connectivity index (χ3v) is 5.70. The van der Waals surface area contributed by atoms with E-state index in [2.05, 4.69) is 10.4 Å². The maximum atomic E-state index is 13.3. The lowest BCUT2D eigenvalue weighted by Gasteiger charge is -2.14. The number of benzene rings is 2. The highest BCUT2D eigenvalue weighted by Gasteiger charge is 2.23. The van der Waals surface area contributed by atoms with Crippen LogP contribution in [0.3, 0.4) is 0 Å². The van der Waals surface area contributed by atoms with E-state index in [9.17, 15) is 14.4 Å². The van der Waals surface area contributed by atoms with Crippen LogP contribution in [0.15, 0.2) is 58.1 Å². The van der Waals surface area contributed by atoms with Gasteiger partial charge in [-0.3, -0.25) is 14.2 Å². The SMILES string of the molecule is COc1ccc(-n2nc(C(=O)NC[C@H]3CCCO3)c(=O)n(Cc3ccccc3C)c2=O)cc1. The summed E-state index contributed by atoms with van der Waals surface area (Å²) in [6.07, 6.45) is 1.69. The lowest BCUT2D eigenvalue weighted by atomic mass is 10.1. The Kier molecular flexibility index (Phi) is 6.69. The maximum Gasteiger partial charge on any atom is 0.352 e. The molecule has 1 saturated heterocycles. The van der Waals surface area contributed by atoms with Gasteiger partial charge in [0.25, 0.3) is 11.5 Å². The van der Waals surface area contributed by atoms with Crippen LogP contribution in [0.25, 0.3) is 5.69 Å². The topological polar surface area (TPSA) is 104 Å². The van der Waals surface area contributed by atoms with E-state index < -0.39 is 17.2 Å². The molecule has 1 fully saturated rings. The molecule has 0 bridgehead atoms. The van der Waals surface area contributed by atoms with Crippen molar-refractivity contribution >= 4 is 5.91 Å². The van der Waals surface area contributed by atoms with Crippen LogP contribution in [0.1, 0.15) is 34.5 Å². The lowest BCUT2D eigenvalue weighted by Crippen LogP contribution is -2.46. The highest BCUT2D eigenvalue weighted by molar-refractivity contribution is 5.91. The van der Waals surface area contributed by atoms with Crippen LogP contribution < -0.4 is 21.3 Å². The third kappa shape index (κ3) is 4.88. The molecule has 9 heteroatoms. The third-order valence-electron chi connectivity index (χ3n) is 5.70. The van der Waals surface area contributed by atoms with E-state index in [0.29, 0.717) is 18.0 Å². The zero-order valence-corrected chi connectivity index (χ0v) is 18.6. The molecule has 1 aromatic heterocycles. The van der Waals surface area contributed by atoms with Crippen LogP contribution in [0.2, 0.25) is 0 Å². The number of methoxy groups -OCH3 is 1. The van der Waals surface area contributed by atoms with Crippen LogP contribution in [0.4, 0.5) is 0 Å². The van der Waals surface area contributed by atoms with Gasteiger partial charge in [-0.2, -0.15) is 9.78 Å². The first-order valence-corrected chi connectivity index (χ1v) is 10.8. The second kappa shape index (κ2) is 9.83. The minimum atomic E-state index is -0.738. The van der Waals surface area contributed by atoms with Gasteiger partial charge in [-0.25, -0.2) is 4.79 Å². The average molecular weight is 450 g/mol. The number of ether oxygens (including phenoxy) is 2. The predicted octanol–water partition coefficient (Wildman–Crippen LogP) is 1.67. The van der Waals surface area contributed by atoms with Crippen LogP contribution in [0.5, 0.6) is 5.75 Å². The number of rotatable bonds is 7. The number of nitrogens with zero attached hydrogens (tertiary/aromatic N) is 3. The van der Waals surface area contributed by atoms with E-state index in [1.54, 1.807) is 24.3 Å². The highest BCUT2D eigenvalue weighted by atomic mass is 16.5. The Labute approximate surface area is 190 Å². The molecule has 1 N–H and O–H groups in total. The van der Waals surface area contributed by atoms with Crippen molar-refractivity contribution in [2.75, 3.05) is 20.3 Å². The van der Waals surface area contributed by atoms with Crippen LogP contribution >= 0.6 is 0 Å². The van der Waals surface area contributed by atoms with Crippen molar-refractivity contribution in [3.8, 4) is 11.4 Å². The summed E-state index contributed by atoms with van der Waals surface area (Å²) in [5.41, 5.74) is 0.419. The molecule has 1 aliphatic heterocycles. The first-order valence-electron chi connectivity index (χ1n) is 10.8. The number of carbonyl (C=O) groups is 1. The number of hydrogen-bond donors (Lipinski definition) is 1. The summed E-state index contributed by atoms with van der Waals surface area (Å²) >= 11 is 0. The average Bonchev–Trinajstić information content (AvgIpc) is 3.35. The summed E-state index contributed by atoms with van der Waals surface area (Å²) in [7, 11) is 1.54. The molecule has 1 aliphatic rings. The normalized spacial score (nSPS) is 15.4. The van der Waals surface area contributed by atoms with E-state index in [1.807, 2.05) is 31.2 Å². The molecule has 1 amide bonds. The minimum absolute atomic E-state index is 0.0228. The number of amides is 1. The first kappa shape index (κ1) is 22.5. The summed E-state index contributed by atoms with van der Waals surface area (Å²) < 4.78 is 12.8. The number of nitrogens with one attached hydrogen (secondary N) is 1. The fraction of sp³-hybridized carbons (Fsp3) is 0.333. The van der Waals surface area contributed by atoms with Gasteiger partial charge in [0.05, 0.1) is 25.4 Å². The molecule has 0 unspecified atom stereocenters. The zero-order chi connectivity index (χ0) is 23.4. The predicted molar refractivity (Wildman–Crippen MR) is 122 cm³/mol. The molecule has 2 heterocycles. The molecule has 1 atom stereocenters. The summed E-state index contributed by atoms with van der Waals surface area (Å²) in [5, 5.41) is 6.87. The molecule has 0 radical (unpaired) electrons. The molecule has 4 rings (SSSR count). The van der Waals surface area contributed by atoms with Crippen molar-refractivity contribution in [1.82, 2.24) is 19.7 Å². The van der Waals surface area contributed by atoms with Crippen LogP contribution in [-0.4, -0.2) is 46.6 Å². The summed E-state index contributed by atoms with van der Waals surface area (Å²) in [5.74, 6) is -0.0362. The molecule has 9 nitrogen and oxygen atoms in total. The van der Waals surface area contributed by atoms with E-state index in [1.165, 1.54) is 7.11 Å². The minimum Gasteiger partial charge on any atom is -0.497 e. The Hall–Kier alpha value is -3.72. The van der Waals surface area contributed by atoms with Crippen molar-refractivity contribution < 1.29 is 14.3 Å². The number of aromatic nitrogens is 3. The quantitative estimate of drug-likeness (QED) is 0.587. The largest absolute Gasteiger partial charge is 0.497 e. The highest BCUT2D eigenvalue weighted by Crippen LogP contribution is 2.14. The second-order valence-electron chi connectivity index (χ2n) is 7.90. The second-order valence-corrected chi connectivity index (χ2v) is 7.90. The molecule has 2 aromatic carbocycles. The fourth-order valence-corrected chi connectivity index (χ4v) is 3.74. The van der Waals surface area contributed by atoms with E-state index in [0.717, 1.165) is 33.2 Å². The Bertz CT molecular complexity index is 1260. The molecular weight excluding hydrogens is 424 g/mol. The van der Waals surface area contributed by atoms with Crippen molar-refractivity contribution in [3.63, 3.8) is 0 Å². The summed E-state index contributed by atoms with van der Waals surface area (Å²) in [6, 6.07) is 14.1. The van der Waals surface area contributed by atoms with Gasteiger partial charge in [0.1, 0.15) is 5.75 Å². The number of carbonyl (C=O) groups excluding carboxylic acids is 1. The summed E-state index contributed by atoms with van der Waals surface area (Å²) in [6.45, 7) is 2.86.